The molecule has 4 rings (SSSR count). The zero-order valence-electron chi connectivity index (χ0n) is 14.0. The number of aryl methyl sites for hydroxylation is 1. The number of aromatic carboxylic acids is 1. The first kappa shape index (κ1) is 15.8. The highest BCUT2D eigenvalue weighted by Gasteiger charge is 2.09. The normalized spacial score (nSPS) is 10.8. The molecule has 2 heterocycles. The van der Waals surface area contributed by atoms with Gasteiger partial charge in [-0.2, -0.15) is 4.98 Å². The van der Waals surface area contributed by atoms with E-state index in [4.69, 9.17) is 5.11 Å². The standard InChI is InChI=1S/C20H16N4O2/c1-13-5-7-14(8-6-13)17-3-2-4-18-22-20(23-24(17)18)21-16-11-9-15(10-12-16)19(25)26/h2-12H,1H3,(H,21,23)(H,25,26). The lowest BCUT2D eigenvalue weighted by molar-refractivity contribution is 0.0697. The largest absolute Gasteiger partial charge is 0.478 e. The molecule has 0 aliphatic rings. The van der Waals surface area contributed by atoms with E-state index in [0.29, 0.717) is 5.95 Å². The Hall–Kier alpha value is -3.67. The number of rotatable bonds is 4. The van der Waals surface area contributed by atoms with E-state index >= 15 is 0 Å². The third kappa shape index (κ3) is 3.00. The Morgan fingerprint density at radius 2 is 1.73 bits per heavy atom. The van der Waals surface area contributed by atoms with Gasteiger partial charge in [0.05, 0.1) is 11.3 Å². The lowest BCUT2D eigenvalue weighted by atomic mass is 10.1. The number of hydrogen-bond donors (Lipinski definition) is 2. The van der Waals surface area contributed by atoms with E-state index in [9.17, 15) is 4.79 Å². The van der Waals surface area contributed by atoms with Gasteiger partial charge in [-0.1, -0.05) is 35.9 Å². The number of fused-ring (bicyclic) bond motifs is 1. The van der Waals surface area contributed by atoms with Crippen LogP contribution in [0.25, 0.3) is 16.9 Å². The highest BCUT2D eigenvalue weighted by atomic mass is 16.4. The molecule has 6 heteroatoms. The molecule has 0 aliphatic carbocycles. The van der Waals surface area contributed by atoms with Crippen LogP contribution in [0.2, 0.25) is 0 Å². The zero-order valence-corrected chi connectivity index (χ0v) is 14.0. The quantitative estimate of drug-likeness (QED) is 0.581. The van der Waals surface area contributed by atoms with E-state index in [-0.39, 0.29) is 5.56 Å². The van der Waals surface area contributed by atoms with Gasteiger partial charge in [0.1, 0.15) is 0 Å². The Morgan fingerprint density at radius 1 is 1.00 bits per heavy atom. The third-order valence-corrected chi connectivity index (χ3v) is 4.10. The smallest absolute Gasteiger partial charge is 0.335 e. The number of carboxylic acids is 1. The van der Waals surface area contributed by atoms with Crippen molar-refractivity contribution in [3.63, 3.8) is 0 Å². The summed E-state index contributed by atoms with van der Waals surface area (Å²) in [5, 5.41) is 16.6. The van der Waals surface area contributed by atoms with Gasteiger partial charge in [0.25, 0.3) is 0 Å². The molecular formula is C20H16N4O2. The van der Waals surface area contributed by atoms with Crippen LogP contribution in [0, 0.1) is 6.92 Å². The fourth-order valence-corrected chi connectivity index (χ4v) is 2.73. The molecule has 0 spiro atoms. The van der Waals surface area contributed by atoms with Crippen LogP contribution in [-0.2, 0) is 0 Å². The Bertz CT molecular complexity index is 1080. The van der Waals surface area contributed by atoms with Crippen LogP contribution in [0.3, 0.4) is 0 Å². The number of pyridine rings is 1. The second-order valence-corrected chi connectivity index (χ2v) is 5.99. The average Bonchev–Trinajstić information content (AvgIpc) is 3.05. The summed E-state index contributed by atoms with van der Waals surface area (Å²) in [7, 11) is 0. The topological polar surface area (TPSA) is 79.5 Å². The van der Waals surface area contributed by atoms with Crippen molar-refractivity contribution < 1.29 is 9.90 Å². The van der Waals surface area contributed by atoms with E-state index in [1.165, 1.54) is 17.7 Å². The number of anilines is 2. The number of carbonyl (C=O) groups is 1. The van der Waals surface area contributed by atoms with Crippen molar-refractivity contribution >= 4 is 23.3 Å². The molecule has 0 unspecified atom stereocenters. The summed E-state index contributed by atoms with van der Waals surface area (Å²) in [4.78, 5) is 15.4. The second-order valence-electron chi connectivity index (χ2n) is 5.99. The lowest BCUT2D eigenvalue weighted by Crippen LogP contribution is -1.98. The van der Waals surface area contributed by atoms with E-state index in [2.05, 4.69) is 46.6 Å². The number of hydrogen-bond acceptors (Lipinski definition) is 4. The molecule has 2 aromatic heterocycles. The number of nitrogens with one attached hydrogen (secondary N) is 1. The highest BCUT2D eigenvalue weighted by molar-refractivity contribution is 5.88. The van der Waals surface area contributed by atoms with E-state index in [1.807, 2.05) is 18.2 Å². The van der Waals surface area contributed by atoms with Gasteiger partial charge in [-0.25, -0.2) is 9.31 Å². The lowest BCUT2D eigenvalue weighted by Gasteiger charge is -2.04. The Kier molecular flexibility index (Phi) is 3.85. The number of carboxylic acid groups (broad SMARTS) is 1. The van der Waals surface area contributed by atoms with E-state index < -0.39 is 5.97 Å². The summed E-state index contributed by atoms with van der Waals surface area (Å²) >= 11 is 0. The number of benzene rings is 2. The average molecular weight is 344 g/mol. The molecule has 0 amide bonds. The summed E-state index contributed by atoms with van der Waals surface area (Å²) in [6.45, 7) is 2.05. The van der Waals surface area contributed by atoms with Crippen molar-refractivity contribution in [1.29, 1.82) is 0 Å². The molecule has 2 aromatic carbocycles. The van der Waals surface area contributed by atoms with Crippen molar-refractivity contribution in [3.8, 4) is 11.3 Å². The van der Waals surface area contributed by atoms with Crippen LogP contribution in [0.15, 0.2) is 66.7 Å². The fraction of sp³-hybridized carbons (Fsp3) is 0.0500. The minimum absolute atomic E-state index is 0.236. The van der Waals surface area contributed by atoms with Gasteiger partial charge in [0.2, 0.25) is 5.95 Å². The predicted octanol–water partition coefficient (Wildman–Crippen LogP) is 4.15. The van der Waals surface area contributed by atoms with Crippen LogP contribution in [0.4, 0.5) is 11.6 Å². The fourth-order valence-electron chi connectivity index (χ4n) is 2.73. The Morgan fingerprint density at radius 3 is 2.42 bits per heavy atom. The van der Waals surface area contributed by atoms with Crippen molar-refractivity contribution in [2.24, 2.45) is 0 Å². The van der Waals surface area contributed by atoms with Gasteiger partial charge >= 0.3 is 5.97 Å². The first-order valence-corrected chi connectivity index (χ1v) is 8.13. The summed E-state index contributed by atoms with van der Waals surface area (Å²) in [5.41, 5.74) is 4.90. The number of aromatic nitrogens is 3. The van der Waals surface area contributed by atoms with Gasteiger partial charge < -0.3 is 10.4 Å². The monoisotopic (exact) mass is 344 g/mol. The summed E-state index contributed by atoms with van der Waals surface area (Å²) in [6, 6.07) is 20.5. The Balaban J connectivity index is 1.68. The Labute approximate surface area is 149 Å². The minimum Gasteiger partial charge on any atom is -0.478 e. The van der Waals surface area contributed by atoms with Gasteiger partial charge in [0, 0.05) is 11.3 Å². The molecule has 6 nitrogen and oxygen atoms in total. The molecule has 0 saturated heterocycles. The summed E-state index contributed by atoms with van der Waals surface area (Å²) in [5.74, 6) is -0.502. The van der Waals surface area contributed by atoms with Crippen molar-refractivity contribution in [3.05, 3.63) is 77.9 Å². The van der Waals surface area contributed by atoms with Crippen LogP contribution in [0.1, 0.15) is 15.9 Å². The maximum Gasteiger partial charge on any atom is 0.335 e. The zero-order chi connectivity index (χ0) is 18.1. The molecule has 4 aromatic rings. The van der Waals surface area contributed by atoms with Crippen molar-refractivity contribution in [2.75, 3.05) is 5.32 Å². The molecule has 0 atom stereocenters. The molecule has 128 valence electrons. The highest BCUT2D eigenvalue weighted by Crippen LogP contribution is 2.22. The molecule has 2 N–H and O–H groups in total. The van der Waals surface area contributed by atoms with Crippen molar-refractivity contribution in [1.82, 2.24) is 14.6 Å². The summed E-state index contributed by atoms with van der Waals surface area (Å²) < 4.78 is 1.79. The molecular weight excluding hydrogens is 328 g/mol. The molecule has 0 aliphatic heterocycles. The first-order chi connectivity index (χ1) is 12.6. The maximum atomic E-state index is 10.9. The predicted molar refractivity (Wildman–Crippen MR) is 99.8 cm³/mol. The second kappa shape index (κ2) is 6.33. The minimum atomic E-state index is -0.954. The SMILES string of the molecule is Cc1ccc(-c2cccc3nc(Nc4ccc(C(=O)O)cc4)nn23)cc1. The van der Waals surface area contributed by atoms with Crippen LogP contribution >= 0.6 is 0 Å². The van der Waals surface area contributed by atoms with Crippen LogP contribution in [-0.4, -0.2) is 25.7 Å². The summed E-state index contributed by atoms with van der Waals surface area (Å²) in [6.07, 6.45) is 0. The van der Waals surface area contributed by atoms with E-state index in [0.717, 1.165) is 22.6 Å². The first-order valence-electron chi connectivity index (χ1n) is 8.13. The maximum absolute atomic E-state index is 10.9. The molecule has 0 fully saturated rings. The van der Waals surface area contributed by atoms with Gasteiger partial charge in [-0.05, 0) is 43.3 Å². The number of nitrogens with zero attached hydrogens (tertiary/aromatic N) is 3. The van der Waals surface area contributed by atoms with E-state index in [1.54, 1.807) is 16.6 Å². The van der Waals surface area contributed by atoms with Crippen LogP contribution in [0.5, 0.6) is 0 Å². The third-order valence-electron chi connectivity index (χ3n) is 4.10. The molecule has 0 radical (unpaired) electrons. The molecule has 0 bridgehead atoms. The van der Waals surface area contributed by atoms with Crippen LogP contribution < -0.4 is 5.32 Å². The van der Waals surface area contributed by atoms with Gasteiger partial charge in [-0.15, -0.1) is 5.10 Å². The van der Waals surface area contributed by atoms with Crippen molar-refractivity contribution in [2.45, 2.75) is 6.92 Å². The van der Waals surface area contributed by atoms with Gasteiger partial charge in [0.15, 0.2) is 5.65 Å². The molecule has 26 heavy (non-hydrogen) atoms. The molecule has 0 saturated carbocycles. The van der Waals surface area contributed by atoms with Gasteiger partial charge in [-0.3, -0.25) is 0 Å².